The van der Waals surface area contributed by atoms with Gasteiger partial charge in [-0.2, -0.15) is 0 Å². The SMILES string of the molecule is CCNC(=NCc1ccc(OC)cc1)NCCc1cccc(F)c1.I. The maximum Gasteiger partial charge on any atom is 0.191 e. The molecule has 2 rings (SSSR count). The number of halogens is 2. The van der Waals surface area contributed by atoms with Crippen LogP contribution in [0.1, 0.15) is 18.1 Å². The fourth-order valence-corrected chi connectivity index (χ4v) is 2.26. The average Bonchev–Trinajstić information content (AvgIpc) is 2.60. The third kappa shape index (κ3) is 7.72. The minimum atomic E-state index is -0.201. The van der Waals surface area contributed by atoms with Crippen molar-refractivity contribution in [1.29, 1.82) is 0 Å². The Bertz CT molecular complexity index is 662. The highest BCUT2D eigenvalue weighted by atomic mass is 127. The number of aliphatic imine (C=N–C) groups is 1. The molecule has 0 aliphatic heterocycles. The van der Waals surface area contributed by atoms with E-state index in [-0.39, 0.29) is 29.8 Å². The number of guanidine groups is 1. The molecule has 0 saturated heterocycles. The molecule has 4 nitrogen and oxygen atoms in total. The van der Waals surface area contributed by atoms with Crippen LogP contribution in [0.4, 0.5) is 4.39 Å². The van der Waals surface area contributed by atoms with Gasteiger partial charge in [0.2, 0.25) is 0 Å². The normalized spacial score (nSPS) is 10.8. The molecule has 0 spiro atoms. The van der Waals surface area contributed by atoms with Crippen molar-refractivity contribution < 1.29 is 9.13 Å². The molecule has 0 fully saturated rings. The maximum absolute atomic E-state index is 13.2. The molecule has 0 aliphatic rings. The largest absolute Gasteiger partial charge is 0.497 e. The monoisotopic (exact) mass is 457 g/mol. The van der Waals surface area contributed by atoms with Gasteiger partial charge in [-0.3, -0.25) is 0 Å². The van der Waals surface area contributed by atoms with Crippen LogP contribution in [0.25, 0.3) is 0 Å². The molecule has 0 aromatic heterocycles. The van der Waals surface area contributed by atoms with Gasteiger partial charge in [0, 0.05) is 13.1 Å². The highest BCUT2D eigenvalue weighted by Gasteiger charge is 2.00. The maximum atomic E-state index is 13.2. The van der Waals surface area contributed by atoms with Gasteiger partial charge in [-0.15, -0.1) is 24.0 Å². The highest BCUT2D eigenvalue weighted by molar-refractivity contribution is 14.0. The predicted octanol–water partition coefficient (Wildman–Crippen LogP) is 3.75. The van der Waals surface area contributed by atoms with Gasteiger partial charge in [0.1, 0.15) is 11.6 Å². The summed E-state index contributed by atoms with van der Waals surface area (Å²) < 4.78 is 18.3. The number of rotatable bonds is 7. The standard InChI is InChI=1S/C19H24FN3O.HI/c1-3-21-19(22-12-11-15-5-4-6-17(20)13-15)23-14-16-7-9-18(24-2)10-8-16;/h4-10,13H,3,11-12,14H2,1-2H3,(H2,21,22,23);1H. The molecule has 6 heteroatoms. The van der Waals surface area contributed by atoms with Crippen molar-refractivity contribution >= 4 is 29.9 Å². The zero-order chi connectivity index (χ0) is 17.2. The second-order valence-electron chi connectivity index (χ2n) is 5.35. The summed E-state index contributed by atoms with van der Waals surface area (Å²) in [6, 6.07) is 14.5. The van der Waals surface area contributed by atoms with E-state index in [2.05, 4.69) is 15.6 Å². The van der Waals surface area contributed by atoms with E-state index < -0.39 is 0 Å². The minimum Gasteiger partial charge on any atom is -0.497 e. The van der Waals surface area contributed by atoms with Crippen molar-refractivity contribution in [3.8, 4) is 5.75 Å². The molecule has 2 aromatic rings. The van der Waals surface area contributed by atoms with Crippen LogP contribution in [0.5, 0.6) is 5.75 Å². The van der Waals surface area contributed by atoms with Crippen molar-refractivity contribution in [3.63, 3.8) is 0 Å². The lowest BCUT2D eigenvalue weighted by molar-refractivity contribution is 0.414. The molecule has 0 heterocycles. The molecule has 0 radical (unpaired) electrons. The second kappa shape index (κ2) is 11.7. The van der Waals surface area contributed by atoms with Crippen LogP contribution in [-0.2, 0) is 13.0 Å². The van der Waals surface area contributed by atoms with E-state index in [0.717, 1.165) is 35.8 Å². The molecule has 0 unspecified atom stereocenters. The quantitative estimate of drug-likeness (QED) is 0.378. The Morgan fingerprint density at radius 3 is 2.48 bits per heavy atom. The van der Waals surface area contributed by atoms with Crippen LogP contribution >= 0.6 is 24.0 Å². The number of hydrogen-bond acceptors (Lipinski definition) is 2. The van der Waals surface area contributed by atoms with E-state index in [1.807, 2.05) is 37.3 Å². The summed E-state index contributed by atoms with van der Waals surface area (Å²) in [5.41, 5.74) is 2.08. The Balaban J connectivity index is 0.00000312. The topological polar surface area (TPSA) is 45.7 Å². The van der Waals surface area contributed by atoms with E-state index in [9.17, 15) is 4.39 Å². The van der Waals surface area contributed by atoms with Gasteiger partial charge < -0.3 is 15.4 Å². The first-order valence-corrected chi connectivity index (χ1v) is 8.11. The van der Waals surface area contributed by atoms with E-state index in [1.165, 1.54) is 6.07 Å². The molecule has 0 amide bonds. The fourth-order valence-electron chi connectivity index (χ4n) is 2.26. The van der Waals surface area contributed by atoms with Crippen molar-refractivity contribution in [2.45, 2.75) is 19.9 Å². The Morgan fingerprint density at radius 1 is 1.08 bits per heavy atom. The van der Waals surface area contributed by atoms with Crippen LogP contribution < -0.4 is 15.4 Å². The van der Waals surface area contributed by atoms with Gasteiger partial charge >= 0.3 is 0 Å². The number of hydrogen-bond donors (Lipinski definition) is 2. The second-order valence-corrected chi connectivity index (χ2v) is 5.35. The zero-order valence-electron chi connectivity index (χ0n) is 14.6. The third-order valence-corrected chi connectivity index (χ3v) is 3.52. The summed E-state index contributed by atoms with van der Waals surface area (Å²) >= 11 is 0. The van der Waals surface area contributed by atoms with E-state index in [1.54, 1.807) is 19.2 Å². The Labute approximate surface area is 165 Å². The first-order chi connectivity index (χ1) is 11.7. The van der Waals surface area contributed by atoms with Crippen LogP contribution in [0.2, 0.25) is 0 Å². The Morgan fingerprint density at radius 2 is 1.84 bits per heavy atom. The molecule has 2 N–H and O–H groups in total. The number of nitrogens with zero attached hydrogens (tertiary/aromatic N) is 1. The molecule has 136 valence electrons. The summed E-state index contributed by atoms with van der Waals surface area (Å²) in [5, 5.41) is 6.49. The van der Waals surface area contributed by atoms with Crippen molar-refractivity contribution in [3.05, 3.63) is 65.5 Å². The Hall–Kier alpha value is -1.83. The van der Waals surface area contributed by atoms with Crippen LogP contribution in [0.15, 0.2) is 53.5 Å². The first-order valence-electron chi connectivity index (χ1n) is 8.11. The van der Waals surface area contributed by atoms with E-state index in [0.29, 0.717) is 13.1 Å². The van der Waals surface area contributed by atoms with Crippen molar-refractivity contribution in [2.24, 2.45) is 4.99 Å². The van der Waals surface area contributed by atoms with Crippen molar-refractivity contribution in [2.75, 3.05) is 20.2 Å². The molecular weight excluding hydrogens is 432 g/mol. The van der Waals surface area contributed by atoms with E-state index >= 15 is 0 Å². The molecule has 25 heavy (non-hydrogen) atoms. The zero-order valence-corrected chi connectivity index (χ0v) is 16.9. The van der Waals surface area contributed by atoms with Gasteiger partial charge in [0.05, 0.1) is 13.7 Å². The molecule has 0 aliphatic carbocycles. The highest BCUT2D eigenvalue weighted by Crippen LogP contribution is 2.11. The summed E-state index contributed by atoms with van der Waals surface area (Å²) in [6.45, 7) is 4.09. The molecule has 0 saturated carbocycles. The predicted molar refractivity (Wildman–Crippen MR) is 111 cm³/mol. The van der Waals surface area contributed by atoms with Crippen LogP contribution in [0, 0.1) is 5.82 Å². The molecule has 0 bridgehead atoms. The molecule has 2 aromatic carbocycles. The van der Waals surface area contributed by atoms with E-state index in [4.69, 9.17) is 4.74 Å². The Kier molecular flexibility index (Phi) is 9.91. The van der Waals surface area contributed by atoms with Gasteiger partial charge in [-0.25, -0.2) is 9.38 Å². The van der Waals surface area contributed by atoms with Gasteiger partial charge in [-0.1, -0.05) is 24.3 Å². The third-order valence-electron chi connectivity index (χ3n) is 3.52. The summed E-state index contributed by atoms with van der Waals surface area (Å²) in [6.07, 6.45) is 0.741. The van der Waals surface area contributed by atoms with Crippen LogP contribution in [0.3, 0.4) is 0 Å². The molecular formula is C19H25FIN3O. The van der Waals surface area contributed by atoms with Gasteiger partial charge in [0.25, 0.3) is 0 Å². The number of benzene rings is 2. The minimum absolute atomic E-state index is 0. The smallest absolute Gasteiger partial charge is 0.191 e. The fraction of sp³-hybridized carbons (Fsp3) is 0.316. The summed E-state index contributed by atoms with van der Waals surface area (Å²) in [4.78, 5) is 4.57. The number of methoxy groups -OCH3 is 1. The average molecular weight is 457 g/mol. The first kappa shape index (κ1) is 21.2. The summed E-state index contributed by atoms with van der Waals surface area (Å²) in [7, 11) is 1.65. The van der Waals surface area contributed by atoms with Gasteiger partial charge in [0.15, 0.2) is 5.96 Å². The molecule has 0 atom stereocenters. The lowest BCUT2D eigenvalue weighted by Gasteiger charge is -2.11. The van der Waals surface area contributed by atoms with Gasteiger partial charge in [-0.05, 0) is 48.7 Å². The lowest BCUT2D eigenvalue weighted by Crippen LogP contribution is -2.38. The number of nitrogens with one attached hydrogen (secondary N) is 2. The lowest BCUT2D eigenvalue weighted by atomic mass is 10.1. The van der Waals surface area contributed by atoms with Crippen molar-refractivity contribution in [1.82, 2.24) is 10.6 Å². The van der Waals surface area contributed by atoms with Crippen LogP contribution in [-0.4, -0.2) is 26.2 Å². The summed E-state index contributed by atoms with van der Waals surface area (Å²) in [5.74, 6) is 1.39. The number of ether oxygens (including phenoxy) is 1.